The number of amides is 2. The second kappa shape index (κ2) is 12.0. The molecule has 0 aromatic heterocycles. The van der Waals surface area contributed by atoms with E-state index in [0.29, 0.717) is 37.3 Å². The lowest BCUT2D eigenvalue weighted by molar-refractivity contribution is -0.141. The van der Waals surface area contributed by atoms with Crippen LogP contribution in [0.3, 0.4) is 0 Å². The van der Waals surface area contributed by atoms with Gasteiger partial charge in [0.2, 0.25) is 5.91 Å². The van der Waals surface area contributed by atoms with Crippen molar-refractivity contribution in [2.45, 2.75) is 25.4 Å². The number of carbonyl (C=O) groups is 3. The highest BCUT2D eigenvalue weighted by molar-refractivity contribution is 5.96. The van der Waals surface area contributed by atoms with Crippen molar-refractivity contribution in [3.63, 3.8) is 0 Å². The predicted molar refractivity (Wildman–Crippen MR) is 138 cm³/mol. The lowest BCUT2D eigenvalue weighted by Gasteiger charge is -2.29. The number of likely N-dealkylation sites (N-methyl/N-ethyl adjacent to an activating group) is 1. The second-order valence-electron chi connectivity index (χ2n) is 9.48. The largest absolute Gasteiger partial charge is 0.481 e. The molecule has 9 heteroatoms. The maximum atomic E-state index is 13.2. The fourth-order valence-electron chi connectivity index (χ4n) is 4.69. The number of fused-ring (bicyclic) bond motifs is 1. The van der Waals surface area contributed by atoms with Gasteiger partial charge in [-0.15, -0.1) is 0 Å². The van der Waals surface area contributed by atoms with Gasteiger partial charge in [0.1, 0.15) is 6.04 Å². The number of carbonyl (C=O) groups excluding carboxylic acids is 2. The Kier molecular flexibility index (Phi) is 8.56. The molecule has 1 fully saturated rings. The van der Waals surface area contributed by atoms with E-state index in [0.717, 1.165) is 43.9 Å². The first-order valence-electron chi connectivity index (χ1n) is 12.5. The molecule has 2 aromatic rings. The molecule has 36 heavy (non-hydrogen) atoms. The minimum Gasteiger partial charge on any atom is -0.481 e. The Hall–Kier alpha value is -3.43. The summed E-state index contributed by atoms with van der Waals surface area (Å²) in [6, 6.07) is 14.4. The van der Waals surface area contributed by atoms with E-state index >= 15 is 0 Å². The topological polar surface area (TPSA) is 105 Å². The Labute approximate surface area is 212 Å². The lowest BCUT2D eigenvalue weighted by atomic mass is 10.1. The van der Waals surface area contributed by atoms with Crippen molar-refractivity contribution in [2.75, 3.05) is 58.2 Å². The van der Waals surface area contributed by atoms with Crippen LogP contribution in [0.5, 0.6) is 0 Å². The Morgan fingerprint density at radius 3 is 2.56 bits per heavy atom. The third kappa shape index (κ3) is 6.61. The maximum absolute atomic E-state index is 13.2. The second-order valence-corrected chi connectivity index (χ2v) is 9.48. The normalized spacial score (nSPS) is 18.2. The number of carboxylic acid groups (broad SMARTS) is 1. The SMILES string of the molecule is CN(CCN1CCNCC1)C(=O)c1ccc2c(c1)N[C@H](CC(=O)O)C(=O)N(CCc1ccccc1)C2. The summed E-state index contributed by atoms with van der Waals surface area (Å²) in [5.41, 5.74) is 3.13. The summed E-state index contributed by atoms with van der Waals surface area (Å²) in [5, 5.41) is 15.9. The molecule has 2 amide bonds. The molecule has 192 valence electrons. The van der Waals surface area contributed by atoms with Crippen molar-refractivity contribution in [1.82, 2.24) is 20.0 Å². The van der Waals surface area contributed by atoms with Crippen LogP contribution in [-0.4, -0.2) is 96.5 Å². The highest BCUT2D eigenvalue weighted by Crippen LogP contribution is 2.26. The molecule has 0 aliphatic carbocycles. The lowest BCUT2D eigenvalue weighted by Crippen LogP contribution is -2.46. The number of anilines is 1. The van der Waals surface area contributed by atoms with Crippen molar-refractivity contribution in [2.24, 2.45) is 0 Å². The number of aliphatic carboxylic acids is 1. The number of hydrogen-bond donors (Lipinski definition) is 3. The summed E-state index contributed by atoms with van der Waals surface area (Å²) in [4.78, 5) is 43.7. The minimum absolute atomic E-state index is 0.0963. The molecule has 1 saturated heterocycles. The molecule has 9 nitrogen and oxygen atoms in total. The van der Waals surface area contributed by atoms with Gasteiger partial charge in [-0.2, -0.15) is 0 Å². The summed E-state index contributed by atoms with van der Waals surface area (Å²) in [6.07, 6.45) is 0.346. The predicted octanol–water partition coefficient (Wildman–Crippen LogP) is 1.50. The first-order chi connectivity index (χ1) is 17.4. The molecule has 0 spiro atoms. The molecule has 3 N–H and O–H groups in total. The number of carboxylic acids is 1. The van der Waals surface area contributed by atoms with Gasteiger partial charge in [-0.05, 0) is 29.7 Å². The van der Waals surface area contributed by atoms with Crippen molar-refractivity contribution in [3.8, 4) is 0 Å². The molecule has 4 rings (SSSR count). The molecular formula is C27H35N5O4. The number of rotatable bonds is 9. The molecule has 0 saturated carbocycles. The zero-order chi connectivity index (χ0) is 25.5. The maximum Gasteiger partial charge on any atom is 0.305 e. The van der Waals surface area contributed by atoms with Gasteiger partial charge in [0.15, 0.2) is 0 Å². The molecule has 2 heterocycles. The van der Waals surface area contributed by atoms with Gasteiger partial charge in [0.05, 0.1) is 6.42 Å². The summed E-state index contributed by atoms with van der Waals surface area (Å²) in [7, 11) is 1.80. The van der Waals surface area contributed by atoms with E-state index in [1.165, 1.54) is 0 Å². The number of nitrogens with zero attached hydrogens (tertiary/aromatic N) is 3. The quantitative estimate of drug-likeness (QED) is 0.486. The average molecular weight is 494 g/mol. The minimum atomic E-state index is -1.05. The summed E-state index contributed by atoms with van der Waals surface area (Å²) < 4.78 is 0. The van der Waals surface area contributed by atoms with Crippen LogP contribution in [0.4, 0.5) is 5.69 Å². The standard InChI is InChI=1S/C27H35N5O4/c1-30(15-16-31-13-10-28-11-14-31)26(35)21-7-8-22-19-32(12-9-20-5-3-2-4-6-20)27(36)24(18-25(33)34)29-23(22)17-21/h2-8,17,24,28-29H,9-16,18-19H2,1H3,(H,33,34)/t24-/m1/s1. The van der Waals surface area contributed by atoms with Gasteiger partial charge in [-0.25, -0.2) is 0 Å². The molecule has 2 aliphatic heterocycles. The highest BCUT2D eigenvalue weighted by Gasteiger charge is 2.31. The Morgan fingerprint density at radius 1 is 1.08 bits per heavy atom. The fraction of sp³-hybridized carbons (Fsp3) is 0.444. The van der Waals surface area contributed by atoms with E-state index in [9.17, 15) is 19.5 Å². The molecule has 2 aliphatic rings. The zero-order valence-electron chi connectivity index (χ0n) is 20.8. The number of nitrogens with one attached hydrogen (secondary N) is 2. The van der Waals surface area contributed by atoms with E-state index in [4.69, 9.17) is 0 Å². The van der Waals surface area contributed by atoms with Gasteiger partial charge < -0.3 is 25.5 Å². The van der Waals surface area contributed by atoms with Crippen molar-refractivity contribution in [3.05, 3.63) is 65.2 Å². The van der Waals surface area contributed by atoms with Crippen LogP contribution in [-0.2, 0) is 22.6 Å². The van der Waals surface area contributed by atoms with Crippen LogP contribution in [0.15, 0.2) is 48.5 Å². The first-order valence-corrected chi connectivity index (χ1v) is 12.5. The van der Waals surface area contributed by atoms with E-state index in [1.807, 2.05) is 36.4 Å². The van der Waals surface area contributed by atoms with Crippen LogP contribution < -0.4 is 10.6 Å². The third-order valence-corrected chi connectivity index (χ3v) is 6.86. The molecular weight excluding hydrogens is 458 g/mol. The summed E-state index contributed by atoms with van der Waals surface area (Å²) in [6.45, 7) is 6.16. The summed E-state index contributed by atoms with van der Waals surface area (Å²) >= 11 is 0. The molecule has 1 atom stereocenters. The van der Waals surface area contributed by atoms with Crippen molar-refractivity contribution in [1.29, 1.82) is 0 Å². The smallest absolute Gasteiger partial charge is 0.305 e. The number of piperazine rings is 1. The van der Waals surface area contributed by atoms with Gasteiger partial charge in [0, 0.05) is 70.7 Å². The van der Waals surface area contributed by atoms with Crippen LogP contribution in [0.2, 0.25) is 0 Å². The molecule has 0 unspecified atom stereocenters. The number of benzene rings is 2. The number of hydrogen-bond acceptors (Lipinski definition) is 6. The molecule has 2 aromatic carbocycles. The molecule has 0 bridgehead atoms. The van der Waals surface area contributed by atoms with Crippen molar-refractivity contribution >= 4 is 23.5 Å². The Balaban J connectivity index is 1.48. The zero-order valence-corrected chi connectivity index (χ0v) is 20.8. The van der Waals surface area contributed by atoms with Gasteiger partial charge in [-0.1, -0.05) is 36.4 Å². The fourth-order valence-corrected chi connectivity index (χ4v) is 4.69. The monoisotopic (exact) mass is 493 g/mol. The van der Waals surface area contributed by atoms with Crippen molar-refractivity contribution < 1.29 is 19.5 Å². The Morgan fingerprint density at radius 2 is 1.83 bits per heavy atom. The van der Waals surface area contributed by atoms with E-state index in [1.54, 1.807) is 29.0 Å². The van der Waals surface area contributed by atoms with Gasteiger partial charge in [0.25, 0.3) is 5.91 Å². The van der Waals surface area contributed by atoms with Crippen LogP contribution in [0, 0.1) is 0 Å². The third-order valence-electron chi connectivity index (χ3n) is 6.86. The van der Waals surface area contributed by atoms with Crippen LogP contribution >= 0.6 is 0 Å². The van der Waals surface area contributed by atoms with Crippen LogP contribution in [0.25, 0.3) is 0 Å². The van der Waals surface area contributed by atoms with E-state index < -0.39 is 12.0 Å². The van der Waals surface area contributed by atoms with Gasteiger partial charge >= 0.3 is 5.97 Å². The van der Waals surface area contributed by atoms with E-state index in [2.05, 4.69) is 15.5 Å². The van der Waals surface area contributed by atoms with Gasteiger partial charge in [-0.3, -0.25) is 19.3 Å². The van der Waals surface area contributed by atoms with E-state index in [-0.39, 0.29) is 18.2 Å². The summed E-state index contributed by atoms with van der Waals surface area (Å²) in [5.74, 6) is -1.39. The first kappa shape index (κ1) is 25.7. The molecule has 0 radical (unpaired) electrons. The highest BCUT2D eigenvalue weighted by atomic mass is 16.4. The van der Waals surface area contributed by atoms with Crippen LogP contribution in [0.1, 0.15) is 27.9 Å². The average Bonchev–Trinajstić information content (AvgIpc) is 3.02. The Bertz CT molecular complexity index is 1070.